The van der Waals surface area contributed by atoms with E-state index in [1.165, 1.54) is 0 Å². The second-order valence-electron chi connectivity index (χ2n) is 8.20. The van der Waals surface area contributed by atoms with E-state index in [-0.39, 0.29) is 5.91 Å². The van der Waals surface area contributed by atoms with E-state index in [4.69, 9.17) is 4.74 Å². The largest absolute Gasteiger partial charge is 0.497 e. The quantitative estimate of drug-likeness (QED) is 0.453. The van der Waals surface area contributed by atoms with Crippen LogP contribution in [0.25, 0.3) is 17.1 Å². The molecule has 34 heavy (non-hydrogen) atoms. The summed E-state index contributed by atoms with van der Waals surface area (Å²) in [6.45, 7) is 4.49. The molecule has 1 aliphatic heterocycles. The first-order valence-corrected chi connectivity index (χ1v) is 11.1. The van der Waals surface area contributed by atoms with Gasteiger partial charge in [-0.15, -0.1) is 10.2 Å². The molecule has 1 saturated heterocycles. The minimum atomic E-state index is -0.0284. The normalized spacial score (nSPS) is 13.9. The van der Waals surface area contributed by atoms with Crippen molar-refractivity contribution in [2.45, 2.75) is 6.92 Å². The van der Waals surface area contributed by atoms with Crippen molar-refractivity contribution in [3.8, 4) is 22.8 Å². The van der Waals surface area contributed by atoms with E-state index >= 15 is 0 Å². The molecule has 1 amide bonds. The number of piperazine rings is 1. The van der Waals surface area contributed by atoms with Crippen molar-refractivity contribution >= 4 is 11.7 Å². The van der Waals surface area contributed by atoms with Crippen LogP contribution in [0.2, 0.25) is 0 Å². The van der Waals surface area contributed by atoms with Gasteiger partial charge in [0.25, 0.3) is 5.91 Å². The van der Waals surface area contributed by atoms with Crippen LogP contribution in [0.15, 0.2) is 54.7 Å². The molecule has 0 radical (unpaired) electrons. The Morgan fingerprint density at radius 2 is 1.71 bits per heavy atom. The van der Waals surface area contributed by atoms with Crippen molar-refractivity contribution < 1.29 is 9.53 Å². The molecule has 10 nitrogen and oxygen atoms in total. The zero-order valence-corrected chi connectivity index (χ0v) is 19.4. The van der Waals surface area contributed by atoms with Gasteiger partial charge in [0, 0.05) is 45.0 Å². The van der Waals surface area contributed by atoms with E-state index in [0.29, 0.717) is 37.7 Å². The summed E-state index contributed by atoms with van der Waals surface area (Å²) in [7, 11) is 3.43. The summed E-state index contributed by atoms with van der Waals surface area (Å²) in [5.41, 5.74) is 3.14. The van der Waals surface area contributed by atoms with Crippen LogP contribution in [0.5, 0.6) is 5.75 Å². The molecule has 4 heterocycles. The summed E-state index contributed by atoms with van der Waals surface area (Å²) in [5.74, 6) is 2.19. The lowest BCUT2D eigenvalue weighted by Gasteiger charge is -2.35. The highest BCUT2D eigenvalue weighted by Gasteiger charge is 2.25. The Labute approximate surface area is 197 Å². The van der Waals surface area contributed by atoms with Crippen molar-refractivity contribution in [3.05, 3.63) is 66.1 Å². The molecule has 5 rings (SSSR count). The van der Waals surface area contributed by atoms with Crippen molar-refractivity contribution in [2.75, 3.05) is 38.2 Å². The minimum absolute atomic E-state index is 0.0284. The summed E-state index contributed by atoms with van der Waals surface area (Å²) in [4.78, 5) is 17.2. The van der Waals surface area contributed by atoms with E-state index in [0.717, 1.165) is 28.5 Å². The molecule has 3 aromatic heterocycles. The Hall–Kier alpha value is -4.21. The fraction of sp³-hybridized carbons (Fsp3) is 0.292. The molecule has 0 atom stereocenters. The number of amides is 1. The summed E-state index contributed by atoms with van der Waals surface area (Å²) in [6, 6.07) is 15.3. The van der Waals surface area contributed by atoms with Crippen LogP contribution in [0.1, 0.15) is 16.2 Å². The highest BCUT2D eigenvalue weighted by atomic mass is 16.5. The number of rotatable bonds is 5. The van der Waals surface area contributed by atoms with Crippen LogP contribution >= 0.6 is 0 Å². The molecular formula is C24H26N8O2. The van der Waals surface area contributed by atoms with Crippen LogP contribution in [-0.4, -0.2) is 73.9 Å². The molecule has 10 heteroatoms. The Morgan fingerprint density at radius 1 is 0.941 bits per heavy atom. The Kier molecular flexibility index (Phi) is 5.70. The molecule has 1 aliphatic rings. The molecule has 1 aromatic carbocycles. The first-order valence-electron chi connectivity index (χ1n) is 11.1. The number of methoxy groups -OCH3 is 1. The van der Waals surface area contributed by atoms with E-state index in [1.54, 1.807) is 23.5 Å². The fourth-order valence-corrected chi connectivity index (χ4v) is 4.04. The van der Waals surface area contributed by atoms with Gasteiger partial charge in [0.15, 0.2) is 11.6 Å². The predicted octanol–water partition coefficient (Wildman–Crippen LogP) is 2.34. The van der Waals surface area contributed by atoms with Gasteiger partial charge in [0.05, 0.1) is 18.5 Å². The third kappa shape index (κ3) is 4.21. The lowest BCUT2D eigenvalue weighted by molar-refractivity contribution is 0.0735. The van der Waals surface area contributed by atoms with Gasteiger partial charge < -0.3 is 14.5 Å². The molecule has 0 aliphatic carbocycles. The van der Waals surface area contributed by atoms with Gasteiger partial charge in [-0.25, -0.2) is 4.68 Å². The van der Waals surface area contributed by atoms with Gasteiger partial charge in [-0.05, 0) is 43.3 Å². The zero-order chi connectivity index (χ0) is 23.7. The number of carbonyl (C=O) groups excluding carboxylic acids is 1. The molecule has 0 bridgehead atoms. The fourth-order valence-electron chi connectivity index (χ4n) is 4.04. The molecular weight excluding hydrogens is 432 g/mol. The number of aryl methyl sites for hydroxylation is 2. The van der Waals surface area contributed by atoms with Crippen LogP contribution in [0, 0.1) is 6.92 Å². The number of hydrogen-bond acceptors (Lipinski definition) is 7. The van der Waals surface area contributed by atoms with Crippen LogP contribution in [-0.2, 0) is 7.05 Å². The van der Waals surface area contributed by atoms with E-state index in [9.17, 15) is 4.79 Å². The summed E-state index contributed by atoms with van der Waals surface area (Å²) in [6.07, 6.45) is 1.86. The molecule has 1 fully saturated rings. The predicted molar refractivity (Wildman–Crippen MR) is 127 cm³/mol. The van der Waals surface area contributed by atoms with E-state index in [2.05, 4.69) is 25.3 Å². The number of hydrogen-bond donors (Lipinski definition) is 0. The Balaban J connectivity index is 1.24. The molecule has 0 unspecified atom stereocenters. The van der Waals surface area contributed by atoms with E-state index < -0.39 is 0 Å². The molecule has 4 aromatic rings. The van der Waals surface area contributed by atoms with Gasteiger partial charge in [0.1, 0.15) is 11.4 Å². The first kappa shape index (κ1) is 21.6. The number of carbonyl (C=O) groups is 1. The number of ether oxygens (including phenoxy) is 1. The van der Waals surface area contributed by atoms with Crippen molar-refractivity contribution in [3.63, 3.8) is 0 Å². The molecule has 0 N–H and O–H groups in total. The average molecular weight is 459 g/mol. The Morgan fingerprint density at radius 3 is 2.38 bits per heavy atom. The third-order valence-corrected chi connectivity index (χ3v) is 5.95. The standard InChI is InChI=1S/C24H26N8O2/c1-17-9-10-32(27-17)23-8-7-22(25-26-23)30-11-13-31(14-12-30)24(33)21-16-20(28-29(21)2)18-5-4-6-19(15-18)34-3/h4-10,15-16H,11-14H2,1-3H3. The monoisotopic (exact) mass is 458 g/mol. The molecule has 0 saturated carbocycles. The van der Waals surface area contributed by atoms with E-state index in [1.807, 2.05) is 66.6 Å². The van der Waals surface area contributed by atoms with Gasteiger partial charge in [-0.2, -0.15) is 10.2 Å². The van der Waals surface area contributed by atoms with Gasteiger partial charge in [-0.1, -0.05) is 12.1 Å². The van der Waals surface area contributed by atoms with Crippen molar-refractivity contribution in [1.29, 1.82) is 0 Å². The topological polar surface area (TPSA) is 94.2 Å². The SMILES string of the molecule is COc1cccc(-c2cc(C(=O)N3CCN(c4ccc(-n5ccc(C)n5)nn4)CC3)n(C)n2)c1. The Bertz CT molecular complexity index is 1300. The third-order valence-electron chi connectivity index (χ3n) is 5.95. The summed E-state index contributed by atoms with van der Waals surface area (Å²) >= 11 is 0. The number of anilines is 1. The second kappa shape index (κ2) is 8.97. The van der Waals surface area contributed by atoms with Crippen molar-refractivity contribution in [1.82, 2.24) is 34.7 Å². The average Bonchev–Trinajstić information content (AvgIpc) is 3.49. The highest BCUT2D eigenvalue weighted by Crippen LogP contribution is 2.24. The van der Waals surface area contributed by atoms with Crippen LogP contribution < -0.4 is 9.64 Å². The number of benzene rings is 1. The zero-order valence-electron chi connectivity index (χ0n) is 19.4. The maximum Gasteiger partial charge on any atom is 0.272 e. The first-order chi connectivity index (χ1) is 16.5. The van der Waals surface area contributed by atoms with Gasteiger partial charge in [0.2, 0.25) is 0 Å². The lowest BCUT2D eigenvalue weighted by Crippen LogP contribution is -2.49. The highest BCUT2D eigenvalue weighted by molar-refractivity contribution is 5.94. The van der Waals surface area contributed by atoms with Gasteiger partial charge in [-0.3, -0.25) is 9.48 Å². The maximum absolute atomic E-state index is 13.2. The van der Waals surface area contributed by atoms with Crippen molar-refractivity contribution in [2.24, 2.45) is 7.05 Å². The number of aromatic nitrogens is 6. The molecule has 174 valence electrons. The second-order valence-corrected chi connectivity index (χ2v) is 8.20. The smallest absolute Gasteiger partial charge is 0.272 e. The molecule has 0 spiro atoms. The maximum atomic E-state index is 13.2. The van der Waals surface area contributed by atoms with Crippen LogP contribution in [0.3, 0.4) is 0 Å². The van der Waals surface area contributed by atoms with Gasteiger partial charge >= 0.3 is 0 Å². The number of nitrogens with zero attached hydrogens (tertiary/aromatic N) is 8. The minimum Gasteiger partial charge on any atom is -0.497 e. The van der Waals surface area contributed by atoms with Crippen LogP contribution in [0.4, 0.5) is 5.82 Å². The summed E-state index contributed by atoms with van der Waals surface area (Å²) < 4.78 is 8.65. The summed E-state index contributed by atoms with van der Waals surface area (Å²) in [5, 5.41) is 17.6. The lowest BCUT2D eigenvalue weighted by atomic mass is 10.1.